The molecule has 5 rings (SSSR count). The lowest BCUT2D eigenvalue weighted by molar-refractivity contribution is -0.147. The number of ketones is 1. The molecule has 0 saturated heterocycles. The minimum Gasteiger partial charge on any atom is -0.449 e. The number of ether oxygens (including phenoxy) is 1. The van der Waals surface area contributed by atoms with Crippen LogP contribution in [0.15, 0.2) is 16.8 Å². The Morgan fingerprint density at radius 2 is 1.91 bits per heavy atom. The van der Waals surface area contributed by atoms with Crippen molar-refractivity contribution < 1.29 is 14.3 Å². The third-order valence-electron chi connectivity index (χ3n) is 11.2. The monoisotopic (exact) mass is 454 g/mol. The van der Waals surface area contributed by atoms with Gasteiger partial charge in [-0.05, 0) is 112 Å². The van der Waals surface area contributed by atoms with E-state index in [4.69, 9.17) is 4.74 Å². The quantitative estimate of drug-likeness (QED) is 0.500. The molecule has 5 aliphatic rings. The Balaban J connectivity index is 1.40. The molecule has 33 heavy (non-hydrogen) atoms. The molecule has 7 atom stereocenters. The van der Waals surface area contributed by atoms with Gasteiger partial charge in [-0.15, -0.1) is 0 Å². The van der Waals surface area contributed by atoms with Gasteiger partial charge in [0.2, 0.25) is 0 Å². The SMILES string of the molecule is CCOC(=O)N/N=C1\C=C2CC[C@H]3[C@@H](CC[C@@]4(C)[C@H]3C[C@@H]3CCCC[C@]34C(C)=O)[C@@]2(C)CC1. The first-order valence-corrected chi connectivity index (χ1v) is 13.5. The normalized spacial score (nSPS) is 45.2. The van der Waals surface area contributed by atoms with Gasteiger partial charge in [-0.1, -0.05) is 32.3 Å². The van der Waals surface area contributed by atoms with Crippen LogP contribution in [0.25, 0.3) is 0 Å². The van der Waals surface area contributed by atoms with E-state index >= 15 is 0 Å². The number of nitrogens with zero attached hydrogens (tertiary/aromatic N) is 1. The van der Waals surface area contributed by atoms with Gasteiger partial charge in [0.15, 0.2) is 0 Å². The van der Waals surface area contributed by atoms with Crippen LogP contribution in [0, 0.1) is 39.9 Å². The zero-order valence-corrected chi connectivity index (χ0v) is 21.0. The molecule has 5 aliphatic carbocycles. The lowest BCUT2D eigenvalue weighted by atomic mass is 9.44. The van der Waals surface area contributed by atoms with E-state index in [9.17, 15) is 9.59 Å². The molecule has 4 saturated carbocycles. The van der Waals surface area contributed by atoms with Crippen molar-refractivity contribution in [1.29, 1.82) is 0 Å². The van der Waals surface area contributed by atoms with E-state index < -0.39 is 6.09 Å². The second-order valence-corrected chi connectivity index (χ2v) is 12.1. The fourth-order valence-electron chi connectivity index (χ4n) is 9.74. The second-order valence-electron chi connectivity index (χ2n) is 12.1. The van der Waals surface area contributed by atoms with Crippen molar-refractivity contribution in [3.63, 3.8) is 0 Å². The van der Waals surface area contributed by atoms with Gasteiger partial charge in [-0.2, -0.15) is 5.10 Å². The van der Waals surface area contributed by atoms with Gasteiger partial charge in [0.25, 0.3) is 0 Å². The van der Waals surface area contributed by atoms with Crippen LogP contribution in [0.1, 0.15) is 98.3 Å². The van der Waals surface area contributed by atoms with E-state index in [-0.39, 0.29) is 16.2 Å². The Bertz CT molecular complexity index is 894. The fraction of sp³-hybridized carbons (Fsp3) is 0.821. The van der Waals surface area contributed by atoms with E-state index in [0.717, 1.165) is 37.3 Å². The van der Waals surface area contributed by atoms with Crippen molar-refractivity contribution in [3.8, 4) is 0 Å². The number of amides is 1. The number of allylic oxidation sites excluding steroid dienone is 2. The van der Waals surface area contributed by atoms with Gasteiger partial charge < -0.3 is 4.74 Å². The fourth-order valence-corrected chi connectivity index (χ4v) is 9.74. The van der Waals surface area contributed by atoms with Crippen molar-refractivity contribution in [3.05, 3.63) is 11.6 Å². The Morgan fingerprint density at radius 3 is 2.67 bits per heavy atom. The number of hydrogen-bond acceptors (Lipinski definition) is 4. The number of hydrogen-bond donors (Lipinski definition) is 1. The first kappa shape index (κ1) is 23.1. The van der Waals surface area contributed by atoms with Crippen molar-refractivity contribution in [2.45, 2.75) is 98.3 Å². The summed E-state index contributed by atoms with van der Waals surface area (Å²) in [6.45, 7) is 9.07. The topological polar surface area (TPSA) is 67.8 Å². The zero-order valence-electron chi connectivity index (χ0n) is 21.0. The molecule has 0 heterocycles. The number of rotatable bonds is 3. The summed E-state index contributed by atoms with van der Waals surface area (Å²) >= 11 is 0. The van der Waals surface area contributed by atoms with E-state index in [0.29, 0.717) is 30.1 Å². The van der Waals surface area contributed by atoms with E-state index in [1.54, 1.807) is 6.92 Å². The molecule has 182 valence electrons. The van der Waals surface area contributed by atoms with Gasteiger partial charge in [-0.25, -0.2) is 10.2 Å². The summed E-state index contributed by atoms with van der Waals surface area (Å²) in [5, 5.41) is 4.35. The number of fused-ring (bicyclic) bond motifs is 7. The minimum atomic E-state index is -0.478. The highest BCUT2D eigenvalue weighted by atomic mass is 16.5. The number of hydrazone groups is 1. The molecule has 0 unspecified atom stereocenters. The number of carbonyl (C=O) groups excluding carboxylic acids is 2. The molecular formula is C28H42N2O3. The maximum Gasteiger partial charge on any atom is 0.427 e. The molecule has 0 aliphatic heterocycles. The molecule has 0 aromatic heterocycles. The summed E-state index contributed by atoms with van der Waals surface area (Å²) in [4.78, 5) is 24.9. The van der Waals surface area contributed by atoms with E-state index in [2.05, 4.69) is 30.5 Å². The van der Waals surface area contributed by atoms with Gasteiger partial charge in [0, 0.05) is 5.41 Å². The zero-order chi connectivity index (χ0) is 23.4. The van der Waals surface area contributed by atoms with Gasteiger partial charge in [0.05, 0.1) is 12.3 Å². The van der Waals surface area contributed by atoms with E-state index in [1.807, 2.05) is 6.92 Å². The van der Waals surface area contributed by atoms with Crippen LogP contribution in [0.2, 0.25) is 0 Å². The Morgan fingerprint density at radius 1 is 1.09 bits per heavy atom. The Labute approximate surface area is 199 Å². The lowest BCUT2D eigenvalue weighted by Gasteiger charge is -2.60. The van der Waals surface area contributed by atoms with Gasteiger partial charge in [-0.3, -0.25) is 4.79 Å². The summed E-state index contributed by atoms with van der Waals surface area (Å²) in [5.74, 6) is 3.25. The molecule has 4 fully saturated rings. The third kappa shape index (κ3) is 3.27. The summed E-state index contributed by atoms with van der Waals surface area (Å²) < 4.78 is 4.94. The molecule has 0 aromatic carbocycles. The molecule has 1 amide bonds. The van der Waals surface area contributed by atoms with Crippen molar-refractivity contribution >= 4 is 17.6 Å². The average Bonchev–Trinajstić information content (AvgIpc) is 3.08. The number of Topliss-reactive ketones (excluding diaryl/α,β-unsaturated/α-hetero) is 1. The van der Waals surface area contributed by atoms with E-state index in [1.165, 1.54) is 50.5 Å². The summed E-state index contributed by atoms with van der Waals surface area (Å²) in [5.41, 5.74) is 5.41. The summed E-state index contributed by atoms with van der Waals surface area (Å²) in [6.07, 6.45) is 14.8. The molecule has 1 N–H and O–H groups in total. The predicted molar refractivity (Wildman–Crippen MR) is 130 cm³/mol. The molecular weight excluding hydrogens is 412 g/mol. The first-order chi connectivity index (χ1) is 15.8. The molecule has 0 radical (unpaired) electrons. The molecule has 0 spiro atoms. The highest BCUT2D eigenvalue weighted by molar-refractivity contribution is 5.97. The third-order valence-corrected chi connectivity index (χ3v) is 11.2. The lowest BCUT2D eigenvalue weighted by Crippen LogP contribution is -2.55. The second kappa shape index (κ2) is 8.23. The molecule has 5 heteroatoms. The van der Waals surface area contributed by atoms with Crippen LogP contribution in [0.3, 0.4) is 0 Å². The summed E-state index contributed by atoms with van der Waals surface area (Å²) in [6, 6.07) is 0. The number of carbonyl (C=O) groups is 2. The highest BCUT2D eigenvalue weighted by Gasteiger charge is 2.69. The van der Waals surface area contributed by atoms with Crippen molar-refractivity contribution in [2.75, 3.05) is 6.61 Å². The Kier molecular flexibility index (Phi) is 5.77. The molecule has 5 nitrogen and oxygen atoms in total. The van der Waals surface area contributed by atoms with Crippen LogP contribution in [-0.2, 0) is 9.53 Å². The molecule has 0 bridgehead atoms. The largest absolute Gasteiger partial charge is 0.449 e. The highest BCUT2D eigenvalue weighted by Crippen LogP contribution is 2.74. The van der Waals surface area contributed by atoms with Crippen molar-refractivity contribution in [1.82, 2.24) is 5.43 Å². The maximum atomic E-state index is 13.2. The van der Waals surface area contributed by atoms with Gasteiger partial charge >= 0.3 is 6.09 Å². The average molecular weight is 455 g/mol. The van der Waals surface area contributed by atoms with Crippen LogP contribution in [0.5, 0.6) is 0 Å². The van der Waals surface area contributed by atoms with Gasteiger partial charge in [0.1, 0.15) is 5.78 Å². The van der Waals surface area contributed by atoms with Crippen molar-refractivity contribution in [2.24, 2.45) is 45.0 Å². The maximum absolute atomic E-state index is 13.2. The van der Waals surface area contributed by atoms with Crippen LogP contribution >= 0.6 is 0 Å². The van der Waals surface area contributed by atoms with Crippen LogP contribution in [0.4, 0.5) is 4.79 Å². The van der Waals surface area contributed by atoms with Crippen LogP contribution in [-0.4, -0.2) is 24.2 Å². The number of nitrogens with one attached hydrogen (secondary N) is 1. The van der Waals surface area contributed by atoms with Crippen LogP contribution < -0.4 is 5.43 Å². The summed E-state index contributed by atoms with van der Waals surface area (Å²) in [7, 11) is 0. The molecule has 0 aromatic rings. The minimum absolute atomic E-state index is 0.0525. The standard InChI is InChI=1S/C28H42N2O3/c1-5-33-25(32)30-29-21-11-14-26(3)19(16-21)9-10-22-23(26)12-15-27(4)24(22)17-20-8-6-7-13-28(20,27)18(2)31/h16,20,22-24H,5-15,17H2,1-4H3,(H,30,32)/b29-21-/t20-,22-,23+,24-,26-,27-,28-/m0/s1. The Hall–Kier alpha value is -1.65. The first-order valence-electron chi connectivity index (χ1n) is 13.5. The predicted octanol–water partition coefficient (Wildman–Crippen LogP) is 6.43. The smallest absolute Gasteiger partial charge is 0.427 e.